The fraction of sp³-hybridized carbons (Fsp3) is 0.500. The summed E-state index contributed by atoms with van der Waals surface area (Å²) in [6.07, 6.45) is 1.99. The minimum Gasteiger partial charge on any atom is -0.423 e. The molecule has 2 aromatic rings. The Labute approximate surface area is 158 Å². The van der Waals surface area contributed by atoms with Crippen molar-refractivity contribution in [3.8, 4) is 0 Å². The molecule has 2 aliphatic carbocycles. The quantitative estimate of drug-likeness (QED) is 0.810. The second-order valence-electron chi connectivity index (χ2n) is 8.49. The van der Waals surface area contributed by atoms with Crippen LogP contribution in [-0.2, 0) is 14.8 Å². The summed E-state index contributed by atoms with van der Waals surface area (Å²) in [6.45, 7) is 5.82. The monoisotopic (exact) mass is 389 g/mol. The molecule has 1 heterocycles. The lowest BCUT2D eigenvalue weighted by molar-refractivity contribution is -0.128. The van der Waals surface area contributed by atoms with Crippen LogP contribution in [0.5, 0.6) is 0 Å². The van der Waals surface area contributed by atoms with Crippen molar-refractivity contribution in [2.24, 2.45) is 16.7 Å². The summed E-state index contributed by atoms with van der Waals surface area (Å²) in [4.78, 5) is 24.2. The zero-order chi connectivity index (χ0) is 19.6. The second kappa shape index (κ2) is 5.67. The molecule has 2 saturated carbocycles. The number of hydrogen-bond donors (Lipinski definition) is 1. The van der Waals surface area contributed by atoms with Crippen LogP contribution in [0, 0.1) is 23.7 Å². The third-order valence-corrected chi connectivity index (χ3v) is 8.22. The van der Waals surface area contributed by atoms with Crippen molar-refractivity contribution in [3.05, 3.63) is 40.2 Å². The molecule has 2 atom stereocenters. The number of sulfonamides is 1. The van der Waals surface area contributed by atoms with E-state index in [1.807, 2.05) is 13.8 Å². The molecule has 27 heavy (non-hydrogen) atoms. The third kappa shape index (κ3) is 2.71. The Morgan fingerprint density at radius 1 is 1.22 bits per heavy atom. The van der Waals surface area contributed by atoms with Gasteiger partial charge in [-0.05, 0) is 48.8 Å². The highest BCUT2D eigenvalue weighted by Crippen LogP contribution is 2.64. The van der Waals surface area contributed by atoms with Crippen LogP contribution in [0.25, 0.3) is 11.0 Å². The van der Waals surface area contributed by atoms with Crippen LogP contribution in [0.2, 0.25) is 0 Å². The molecule has 0 amide bonds. The van der Waals surface area contributed by atoms with Gasteiger partial charge in [-0.2, -0.15) is 0 Å². The molecule has 2 fully saturated rings. The largest absolute Gasteiger partial charge is 0.423 e. The zero-order valence-electron chi connectivity index (χ0n) is 15.7. The lowest BCUT2D eigenvalue weighted by Crippen LogP contribution is -2.43. The predicted molar refractivity (Wildman–Crippen MR) is 103 cm³/mol. The highest BCUT2D eigenvalue weighted by Gasteiger charge is 2.65. The molecule has 2 unspecified atom stereocenters. The topological polar surface area (TPSA) is 93.4 Å². The summed E-state index contributed by atoms with van der Waals surface area (Å²) in [5.74, 6) is 0.116. The molecule has 2 bridgehead atoms. The molecule has 0 saturated heterocycles. The van der Waals surface area contributed by atoms with E-state index < -0.39 is 21.1 Å². The second-order valence-corrected chi connectivity index (χ2v) is 10.2. The first-order chi connectivity index (χ1) is 12.5. The molecule has 0 aliphatic heterocycles. The fourth-order valence-corrected chi connectivity index (χ4v) is 6.92. The van der Waals surface area contributed by atoms with Crippen LogP contribution in [0.1, 0.15) is 38.7 Å². The summed E-state index contributed by atoms with van der Waals surface area (Å²) in [7, 11) is -3.75. The number of rotatable bonds is 4. The fourth-order valence-electron chi connectivity index (χ4n) is 5.04. The number of nitrogens with one attached hydrogen (secondary N) is 1. The Balaban J connectivity index is 1.65. The van der Waals surface area contributed by atoms with E-state index >= 15 is 0 Å². The van der Waals surface area contributed by atoms with E-state index in [1.165, 1.54) is 12.1 Å². The van der Waals surface area contributed by atoms with Gasteiger partial charge in [0.1, 0.15) is 11.4 Å². The molecule has 2 aliphatic rings. The van der Waals surface area contributed by atoms with Crippen molar-refractivity contribution >= 4 is 32.5 Å². The van der Waals surface area contributed by atoms with E-state index in [0.717, 1.165) is 17.4 Å². The smallest absolute Gasteiger partial charge is 0.336 e. The van der Waals surface area contributed by atoms with Gasteiger partial charge in [-0.25, -0.2) is 13.2 Å². The van der Waals surface area contributed by atoms with E-state index in [2.05, 4.69) is 4.72 Å². The number of ketones is 1. The molecule has 0 radical (unpaired) electrons. The first-order valence-corrected chi connectivity index (χ1v) is 10.8. The Hall–Kier alpha value is -2.15. The molecule has 6 nitrogen and oxygen atoms in total. The van der Waals surface area contributed by atoms with Gasteiger partial charge in [0.2, 0.25) is 10.0 Å². The number of fused-ring (bicyclic) bond motifs is 3. The Morgan fingerprint density at radius 3 is 2.59 bits per heavy atom. The van der Waals surface area contributed by atoms with Crippen molar-refractivity contribution in [3.63, 3.8) is 0 Å². The molecule has 7 heteroatoms. The van der Waals surface area contributed by atoms with Gasteiger partial charge in [0.15, 0.2) is 0 Å². The molecule has 1 aromatic heterocycles. The van der Waals surface area contributed by atoms with Gasteiger partial charge in [0.25, 0.3) is 0 Å². The molecule has 4 rings (SSSR count). The highest BCUT2D eigenvalue weighted by atomic mass is 32.2. The van der Waals surface area contributed by atoms with Crippen LogP contribution in [-0.4, -0.2) is 20.0 Å². The van der Waals surface area contributed by atoms with Crippen LogP contribution in [0.15, 0.2) is 33.5 Å². The van der Waals surface area contributed by atoms with Crippen LogP contribution >= 0.6 is 0 Å². The van der Waals surface area contributed by atoms with Crippen molar-refractivity contribution < 1.29 is 17.6 Å². The van der Waals surface area contributed by atoms with Crippen molar-refractivity contribution in [1.82, 2.24) is 0 Å². The predicted octanol–water partition coefficient (Wildman–Crippen LogP) is 3.24. The van der Waals surface area contributed by atoms with Gasteiger partial charge in [0.05, 0.1) is 16.9 Å². The zero-order valence-corrected chi connectivity index (χ0v) is 16.5. The van der Waals surface area contributed by atoms with E-state index in [1.54, 1.807) is 19.1 Å². The average Bonchev–Trinajstić information content (AvgIpc) is 2.87. The maximum Gasteiger partial charge on any atom is 0.336 e. The Kier molecular flexibility index (Phi) is 3.83. The number of carbonyl (C=O) groups is 1. The first-order valence-electron chi connectivity index (χ1n) is 9.12. The van der Waals surface area contributed by atoms with Crippen molar-refractivity contribution in [1.29, 1.82) is 0 Å². The first kappa shape index (κ1) is 18.2. The molecule has 0 spiro atoms. The number of carbonyl (C=O) groups excluding carboxylic acids is 1. The summed E-state index contributed by atoms with van der Waals surface area (Å²) in [6, 6.07) is 6.28. The van der Waals surface area contributed by atoms with Crippen LogP contribution in [0.4, 0.5) is 5.69 Å². The minimum absolute atomic E-state index is 0.0641. The molecular weight excluding hydrogens is 366 g/mol. The van der Waals surface area contributed by atoms with Crippen molar-refractivity contribution in [2.45, 2.75) is 40.0 Å². The lowest BCUT2D eigenvalue weighted by Gasteiger charge is -2.36. The van der Waals surface area contributed by atoms with E-state index in [9.17, 15) is 18.0 Å². The molecule has 1 N–H and O–H groups in total. The number of aryl methyl sites for hydroxylation is 1. The Bertz CT molecular complexity index is 1110. The summed E-state index contributed by atoms with van der Waals surface area (Å²) < 4.78 is 33.5. The minimum atomic E-state index is -3.75. The van der Waals surface area contributed by atoms with Gasteiger partial charge >= 0.3 is 5.63 Å². The summed E-state index contributed by atoms with van der Waals surface area (Å²) in [5.41, 5.74) is -0.184. The normalized spacial score (nSPS) is 26.6. The summed E-state index contributed by atoms with van der Waals surface area (Å²) in [5, 5.41) is 0.752. The van der Waals surface area contributed by atoms with E-state index in [0.29, 0.717) is 24.1 Å². The standard InChI is InChI=1S/C20H23NO5S/c1-12-8-18(23)26-16-10-14(4-5-15(12)16)21-27(24,25)11-20-7-6-13(9-17(20)22)19(20,2)3/h4-5,8,10,13,21H,6-7,9,11H2,1-3H3. The average molecular weight is 389 g/mol. The SMILES string of the molecule is Cc1cc(=O)oc2cc(NS(=O)(=O)CC34CCC(CC3=O)C4(C)C)ccc12. The number of Topliss-reactive ketones (excluding diaryl/α,β-unsaturated/α-hetero) is 1. The van der Waals surface area contributed by atoms with E-state index in [-0.39, 0.29) is 22.9 Å². The maximum atomic E-state index is 12.9. The Morgan fingerprint density at radius 2 is 1.96 bits per heavy atom. The van der Waals surface area contributed by atoms with Crippen molar-refractivity contribution in [2.75, 3.05) is 10.5 Å². The molecule has 144 valence electrons. The van der Waals surface area contributed by atoms with Crippen LogP contribution < -0.4 is 10.3 Å². The lowest BCUT2D eigenvalue weighted by atomic mass is 9.70. The van der Waals surface area contributed by atoms with Gasteiger partial charge in [0, 0.05) is 23.9 Å². The van der Waals surface area contributed by atoms with Gasteiger partial charge in [-0.3, -0.25) is 9.52 Å². The van der Waals surface area contributed by atoms with E-state index in [4.69, 9.17) is 4.42 Å². The summed E-state index contributed by atoms with van der Waals surface area (Å²) >= 11 is 0. The number of anilines is 1. The highest BCUT2D eigenvalue weighted by molar-refractivity contribution is 7.92. The van der Waals surface area contributed by atoms with Gasteiger partial charge in [-0.15, -0.1) is 0 Å². The number of hydrogen-bond acceptors (Lipinski definition) is 5. The molecular formula is C20H23NO5S. The van der Waals surface area contributed by atoms with Gasteiger partial charge in [-0.1, -0.05) is 13.8 Å². The molecule has 1 aromatic carbocycles. The third-order valence-electron chi connectivity index (χ3n) is 6.80. The maximum absolute atomic E-state index is 12.9. The van der Waals surface area contributed by atoms with Crippen LogP contribution in [0.3, 0.4) is 0 Å². The van der Waals surface area contributed by atoms with Gasteiger partial charge < -0.3 is 4.42 Å². The number of benzene rings is 1.